The molecule has 0 bridgehead atoms. The molecule has 0 fully saturated rings. The van der Waals surface area contributed by atoms with Crippen molar-refractivity contribution in [3.8, 4) is 17.0 Å². The molecule has 1 radical (unpaired) electrons. The molecule has 0 saturated carbocycles. The molecular weight excluding hydrogens is 447 g/mol. The predicted molar refractivity (Wildman–Crippen MR) is 70.3 cm³/mol. The maximum absolute atomic E-state index is 13.8. The van der Waals surface area contributed by atoms with Gasteiger partial charge in [-0.25, -0.2) is 17.6 Å². The minimum absolute atomic E-state index is 0. The van der Waals surface area contributed by atoms with Crippen LogP contribution >= 0.6 is 15.9 Å². The molecule has 3 nitrogen and oxygen atoms in total. The zero-order valence-corrected chi connectivity index (χ0v) is 15.2. The van der Waals surface area contributed by atoms with E-state index in [1.54, 1.807) is 0 Å². The van der Waals surface area contributed by atoms with Gasteiger partial charge in [-0.1, -0.05) is 5.69 Å². The third-order valence-corrected chi connectivity index (χ3v) is 3.21. The van der Waals surface area contributed by atoms with Crippen LogP contribution in [0.15, 0.2) is 27.5 Å². The molecule has 0 aliphatic carbocycles. The Kier molecular flexibility index (Phi) is 6.76. The van der Waals surface area contributed by atoms with Gasteiger partial charge in [0.2, 0.25) is 5.56 Å². The van der Waals surface area contributed by atoms with Crippen LogP contribution in [0, 0.1) is 17.7 Å². The van der Waals surface area contributed by atoms with Gasteiger partial charge in [-0.3, -0.25) is 4.79 Å². The number of halogens is 5. The van der Waals surface area contributed by atoms with Crippen molar-refractivity contribution in [2.75, 3.05) is 0 Å². The van der Waals surface area contributed by atoms with Gasteiger partial charge < -0.3 is 9.67 Å². The number of phenolic OH excluding ortho intramolecular Hbond substituents is 1. The zero-order chi connectivity index (χ0) is 15.7. The summed E-state index contributed by atoms with van der Waals surface area (Å²) in [7, 11) is 0. The molecule has 1 heterocycles. The van der Waals surface area contributed by atoms with Crippen molar-refractivity contribution in [2.24, 2.45) is 0 Å². The van der Waals surface area contributed by atoms with Crippen molar-refractivity contribution in [2.45, 2.75) is 13.0 Å². The number of nitrogens with zero attached hydrogens (tertiary/aromatic N) is 1. The molecule has 1 aromatic heterocycles. The van der Waals surface area contributed by atoms with E-state index in [2.05, 4.69) is 22.0 Å². The van der Waals surface area contributed by atoms with Crippen molar-refractivity contribution >= 4 is 15.9 Å². The number of rotatable bonds is 3. The first kappa shape index (κ1) is 19.3. The summed E-state index contributed by atoms with van der Waals surface area (Å²) in [6.45, 7) is -1.04. The van der Waals surface area contributed by atoms with Crippen LogP contribution < -0.4 is 5.56 Å². The van der Waals surface area contributed by atoms with Gasteiger partial charge >= 0.3 is 0 Å². The zero-order valence-electron chi connectivity index (χ0n) is 10.8. The Morgan fingerprint density at radius 3 is 2.32 bits per heavy atom. The van der Waals surface area contributed by atoms with E-state index in [9.17, 15) is 22.4 Å². The Morgan fingerprint density at radius 1 is 1.27 bits per heavy atom. The van der Waals surface area contributed by atoms with E-state index in [-0.39, 0.29) is 37.2 Å². The summed E-state index contributed by atoms with van der Waals surface area (Å²) in [5.74, 6) is -3.03. The first-order chi connectivity index (χ1) is 9.81. The molecule has 0 saturated heterocycles. The normalized spacial score (nSPS) is 10.6. The number of hydrogen-bond donors (Lipinski definition) is 1. The van der Waals surface area contributed by atoms with Crippen molar-refractivity contribution in [3.05, 3.63) is 50.7 Å². The molecule has 0 unspecified atom stereocenters. The summed E-state index contributed by atoms with van der Waals surface area (Å²) in [5, 5.41) is 9.09. The SMILES string of the molecule is O=c1c(Br)c[c-]c(-c2c(F)cc(O)cc2F)n1CC(F)F.[Y]. The van der Waals surface area contributed by atoms with E-state index < -0.39 is 47.2 Å². The third kappa shape index (κ3) is 3.97. The summed E-state index contributed by atoms with van der Waals surface area (Å²) in [6.07, 6.45) is -2.90. The summed E-state index contributed by atoms with van der Waals surface area (Å²) in [4.78, 5) is 11.9. The van der Waals surface area contributed by atoms with Gasteiger partial charge in [0.25, 0.3) is 6.43 Å². The Morgan fingerprint density at radius 2 is 1.82 bits per heavy atom. The molecular formula is C13H7BrF4NO2Y-. The summed E-state index contributed by atoms with van der Waals surface area (Å²) in [6, 6.07) is 4.71. The second-order valence-electron chi connectivity index (χ2n) is 4.08. The van der Waals surface area contributed by atoms with Gasteiger partial charge in [0.1, 0.15) is 5.75 Å². The molecule has 0 aliphatic rings. The number of hydrogen-bond acceptors (Lipinski definition) is 2. The van der Waals surface area contributed by atoms with E-state index in [1.165, 1.54) is 0 Å². The molecule has 0 aliphatic heterocycles. The number of alkyl halides is 2. The van der Waals surface area contributed by atoms with Gasteiger partial charge in [0, 0.05) is 44.8 Å². The van der Waals surface area contributed by atoms with Gasteiger partial charge in [-0.2, -0.15) is 12.1 Å². The standard InChI is InChI=1S/C13H7BrF4NO2.Y/c14-7-1-2-10(19(13(7)21)5-11(17)18)12-8(15)3-6(20)4-9(12)16;/h1,3-4,11,20H,5H2;/q-1;. The van der Waals surface area contributed by atoms with Crippen LogP contribution in [0.1, 0.15) is 0 Å². The first-order valence-electron chi connectivity index (χ1n) is 5.58. The molecule has 0 amide bonds. The van der Waals surface area contributed by atoms with Crippen LogP contribution in [-0.4, -0.2) is 16.1 Å². The Bertz CT molecular complexity index is 728. The van der Waals surface area contributed by atoms with Crippen molar-refractivity contribution in [3.63, 3.8) is 0 Å². The summed E-state index contributed by atoms with van der Waals surface area (Å²) >= 11 is 2.85. The monoisotopic (exact) mass is 453 g/mol. The van der Waals surface area contributed by atoms with Gasteiger partial charge in [0.05, 0.1) is 18.2 Å². The second-order valence-corrected chi connectivity index (χ2v) is 4.93. The first-order valence-corrected chi connectivity index (χ1v) is 6.38. The molecule has 2 rings (SSSR count). The van der Waals surface area contributed by atoms with E-state index >= 15 is 0 Å². The molecule has 1 N–H and O–H groups in total. The largest absolute Gasteiger partial charge is 0.508 e. The Hall–Kier alpha value is -0.726. The fourth-order valence-electron chi connectivity index (χ4n) is 1.81. The van der Waals surface area contributed by atoms with Gasteiger partial charge in [-0.05, 0) is 10.0 Å². The molecule has 115 valence electrons. The number of pyridine rings is 1. The second kappa shape index (κ2) is 7.70. The summed E-state index contributed by atoms with van der Waals surface area (Å²) in [5.41, 5.74) is -2.03. The van der Waals surface area contributed by atoms with E-state index in [4.69, 9.17) is 5.11 Å². The third-order valence-electron chi connectivity index (χ3n) is 2.64. The number of aromatic nitrogens is 1. The van der Waals surface area contributed by atoms with Crippen molar-refractivity contribution in [1.29, 1.82) is 0 Å². The van der Waals surface area contributed by atoms with E-state index in [0.29, 0.717) is 16.7 Å². The average Bonchev–Trinajstić information content (AvgIpc) is 2.36. The minimum atomic E-state index is -2.90. The van der Waals surface area contributed by atoms with E-state index in [1.807, 2.05) is 0 Å². The number of aromatic hydroxyl groups is 1. The molecule has 22 heavy (non-hydrogen) atoms. The van der Waals surface area contributed by atoms with Gasteiger partial charge in [-0.15, -0.1) is 15.9 Å². The van der Waals surface area contributed by atoms with Crippen LogP contribution in [0.3, 0.4) is 0 Å². The van der Waals surface area contributed by atoms with Crippen LogP contribution in [0.5, 0.6) is 5.75 Å². The van der Waals surface area contributed by atoms with Crippen LogP contribution in [0.25, 0.3) is 11.3 Å². The average molecular weight is 454 g/mol. The molecule has 0 atom stereocenters. The van der Waals surface area contributed by atoms with Crippen LogP contribution in [-0.2, 0) is 39.3 Å². The predicted octanol–water partition coefficient (Wildman–Crippen LogP) is 3.32. The summed E-state index contributed by atoms with van der Waals surface area (Å²) < 4.78 is 53.2. The fourth-order valence-corrected chi connectivity index (χ4v) is 2.14. The minimum Gasteiger partial charge on any atom is -0.508 e. The topological polar surface area (TPSA) is 42.2 Å². The van der Waals surface area contributed by atoms with E-state index in [0.717, 1.165) is 6.07 Å². The fraction of sp³-hybridized carbons (Fsp3) is 0.154. The Labute approximate surface area is 156 Å². The quantitative estimate of drug-likeness (QED) is 0.572. The van der Waals surface area contributed by atoms with Crippen molar-refractivity contribution < 1.29 is 55.4 Å². The Balaban J connectivity index is 0.00000242. The van der Waals surface area contributed by atoms with Crippen molar-refractivity contribution in [1.82, 2.24) is 4.57 Å². The van der Waals surface area contributed by atoms with Gasteiger partial charge in [0.15, 0.2) is 0 Å². The molecule has 2 aromatic rings. The maximum atomic E-state index is 13.8. The smallest absolute Gasteiger partial charge is 0.256 e. The molecule has 1 aromatic carbocycles. The van der Waals surface area contributed by atoms with Crippen LogP contribution in [0.2, 0.25) is 0 Å². The van der Waals surface area contributed by atoms with Crippen LogP contribution in [0.4, 0.5) is 17.6 Å². The maximum Gasteiger partial charge on any atom is 0.256 e. The number of benzene rings is 1. The molecule has 9 heteroatoms. The molecule has 0 spiro atoms. The number of phenols is 1.